The van der Waals surface area contributed by atoms with Crippen LogP contribution in [0.4, 0.5) is 8.78 Å². The second-order valence-electron chi connectivity index (χ2n) is 4.14. The lowest BCUT2D eigenvalue weighted by Crippen LogP contribution is -2.02. The van der Waals surface area contributed by atoms with E-state index in [1.54, 1.807) is 11.0 Å². The van der Waals surface area contributed by atoms with Crippen molar-refractivity contribution in [3.8, 4) is 5.75 Å². The van der Waals surface area contributed by atoms with Crippen LogP contribution in [-0.4, -0.2) is 21.4 Å². The van der Waals surface area contributed by atoms with Crippen LogP contribution in [0.15, 0.2) is 30.9 Å². The summed E-state index contributed by atoms with van der Waals surface area (Å²) in [5.74, 6) is -1.17. The smallest absolute Gasteiger partial charge is 0.167 e. The van der Waals surface area contributed by atoms with Crippen molar-refractivity contribution in [2.75, 3.05) is 6.61 Å². The van der Waals surface area contributed by atoms with E-state index >= 15 is 0 Å². The van der Waals surface area contributed by atoms with Crippen LogP contribution in [0.2, 0.25) is 0 Å². The van der Waals surface area contributed by atoms with Gasteiger partial charge in [0.25, 0.3) is 0 Å². The number of aryl methyl sites for hydroxylation is 1. The molecule has 0 saturated heterocycles. The lowest BCUT2D eigenvalue weighted by molar-refractivity contribution is 0.288. The molecule has 2 aromatic rings. The quantitative estimate of drug-likeness (QED) is 0.724. The molecule has 0 bridgehead atoms. The molecule has 0 unspecified atom stereocenters. The number of rotatable bonds is 7. The molecule has 0 fully saturated rings. The topological polar surface area (TPSA) is 39.9 Å². The zero-order valence-corrected chi connectivity index (χ0v) is 10.4. The Labute approximate surface area is 110 Å². The van der Waals surface area contributed by atoms with Crippen LogP contribution < -0.4 is 4.74 Å². The molecule has 0 atom stereocenters. The van der Waals surface area contributed by atoms with Gasteiger partial charge >= 0.3 is 0 Å². The first kappa shape index (κ1) is 13.5. The average Bonchev–Trinajstić information content (AvgIpc) is 2.89. The first-order valence-electron chi connectivity index (χ1n) is 6.16. The number of hydrogen-bond acceptors (Lipinski definition) is 3. The summed E-state index contributed by atoms with van der Waals surface area (Å²) < 4.78 is 32.9. The lowest BCUT2D eigenvalue weighted by Gasteiger charge is -2.07. The Hall–Kier alpha value is -1.98. The van der Waals surface area contributed by atoms with E-state index in [4.69, 9.17) is 4.74 Å². The van der Waals surface area contributed by atoms with Gasteiger partial charge in [0, 0.05) is 12.6 Å². The Morgan fingerprint density at radius 1 is 1.16 bits per heavy atom. The zero-order chi connectivity index (χ0) is 13.5. The summed E-state index contributed by atoms with van der Waals surface area (Å²) in [7, 11) is 0. The third kappa shape index (κ3) is 4.31. The van der Waals surface area contributed by atoms with Gasteiger partial charge in [-0.05, 0) is 31.4 Å². The van der Waals surface area contributed by atoms with Crippen LogP contribution in [0.25, 0.3) is 0 Å². The van der Waals surface area contributed by atoms with Crippen LogP contribution in [0.3, 0.4) is 0 Å². The van der Waals surface area contributed by atoms with Crippen molar-refractivity contribution < 1.29 is 13.5 Å². The Morgan fingerprint density at radius 3 is 2.79 bits per heavy atom. The molecule has 0 spiro atoms. The van der Waals surface area contributed by atoms with Crippen molar-refractivity contribution in [1.29, 1.82) is 0 Å². The minimum atomic E-state index is -0.664. The van der Waals surface area contributed by atoms with Crippen LogP contribution >= 0.6 is 0 Å². The average molecular weight is 267 g/mol. The first-order valence-corrected chi connectivity index (χ1v) is 6.16. The van der Waals surface area contributed by atoms with Crippen molar-refractivity contribution in [3.05, 3.63) is 42.5 Å². The van der Waals surface area contributed by atoms with Crippen molar-refractivity contribution >= 4 is 0 Å². The van der Waals surface area contributed by atoms with Gasteiger partial charge in [-0.2, -0.15) is 5.10 Å². The first-order chi connectivity index (χ1) is 9.25. The van der Waals surface area contributed by atoms with Gasteiger partial charge in [0.2, 0.25) is 0 Å². The molecule has 102 valence electrons. The van der Waals surface area contributed by atoms with Gasteiger partial charge in [0.1, 0.15) is 18.5 Å². The summed E-state index contributed by atoms with van der Waals surface area (Å²) in [5.41, 5.74) is 0. The van der Waals surface area contributed by atoms with Crippen molar-refractivity contribution in [2.45, 2.75) is 25.8 Å². The molecule has 1 aromatic carbocycles. The second-order valence-corrected chi connectivity index (χ2v) is 4.14. The number of unbranched alkanes of at least 4 members (excludes halogenated alkanes) is 2. The molecule has 0 aliphatic carbocycles. The molecule has 0 N–H and O–H groups in total. The van der Waals surface area contributed by atoms with Gasteiger partial charge in [-0.25, -0.2) is 13.8 Å². The molecule has 1 aromatic heterocycles. The SMILES string of the molecule is Fc1ccc(OCCCCCn2cncn2)c(F)c1. The maximum atomic E-state index is 13.2. The summed E-state index contributed by atoms with van der Waals surface area (Å²) in [4.78, 5) is 3.85. The number of nitrogens with zero attached hydrogens (tertiary/aromatic N) is 3. The minimum Gasteiger partial charge on any atom is -0.491 e. The predicted molar refractivity (Wildman–Crippen MR) is 65.7 cm³/mol. The Balaban J connectivity index is 1.61. The maximum Gasteiger partial charge on any atom is 0.167 e. The van der Waals surface area contributed by atoms with Crippen LogP contribution in [0.1, 0.15) is 19.3 Å². The van der Waals surface area contributed by atoms with Gasteiger partial charge < -0.3 is 4.74 Å². The number of aromatic nitrogens is 3. The maximum absolute atomic E-state index is 13.2. The van der Waals surface area contributed by atoms with Crippen molar-refractivity contribution in [1.82, 2.24) is 14.8 Å². The third-order valence-electron chi connectivity index (χ3n) is 2.65. The van der Waals surface area contributed by atoms with E-state index in [1.165, 1.54) is 18.5 Å². The number of halogens is 2. The van der Waals surface area contributed by atoms with Crippen LogP contribution in [0, 0.1) is 11.6 Å². The van der Waals surface area contributed by atoms with Gasteiger partial charge in [0.15, 0.2) is 11.6 Å². The predicted octanol–water partition coefficient (Wildman–Crippen LogP) is 2.81. The number of ether oxygens (including phenoxy) is 1. The monoisotopic (exact) mass is 267 g/mol. The van der Waals surface area contributed by atoms with Gasteiger partial charge in [-0.1, -0.05) is 0 Å². The van der Waals surface area contributed by atoms with E-state index < -0.39 is 11.6 Å². The highest BCUT2D eigenvalue weighted by Crippen LogP contribution is 2.17. The van der Waals surface area contributed by atoms with E-state index in [9.17, 15) is 8.78 Å². The fraction of sp³-hybridized carbons (Fsp3) is 0.385. The molecule has 6 heteroatoms. The highest BCUT2D eigenvalue weighted by Gasteiger charge is 2.04. The molecular formula is C13H15F2N3O. The Morgan fingerprint density at radius 2 is 2.05 bits per heavy atom. The van der Waals surface area contributed by atoms with Crippen molar-refractivity contribution in [2.24, 2.45) is 0 Å². The molecule has 0 aliphatic heterocycles. The summed E-state index contributed by atoms with van der Waals surface area (Å²) in [6, 6.07) is 3.31. The normalized spacial score (nSPS) is 10.6. The van der Waals surface area contributed by atoms with Gasteiger partial charge in [0.05, 0.1) is 6.61 Å². The van der Waals surface area contributed by atoms with Crippen LogP contribution in [0.5, 0.6) is 5.75 Å². The van der Waals surface area contributed by atoms with Crippen LogP contribution in [-0.2, 0) is 6.54 Å². The van der Waals surface area contributed by atoms with Gasteiger partial charge in [-0.3, -0.25) is 4.68 Å². The molecule has 0 saturated carbocycles. The largest absolute Gasteiger partial charge is 0.491 e. The summed E-state index contributed by atoms with van der Waals surface area (Å²) in [5, 5.41) is 3.99. The zero-order valence-electron chi connectivity index (χ0n) is 10.4. The highest BCUT2D eigenvalue weighted by molar-refractivity contribution is 5.24. The molecule has 2 rings (SSSR count). The fourth-order valence-electron chi connectivity index (χ4n) is 1.68. The Bertz CT molecular complexity index is 503. The molecule has 4 nitrogen and oxygen atoms in total. The number of hydrogen-bond donors (Lipinski definition) is 0. The molecular weight excluding hydrogens is 252 g/mol. The fourth-order valence-corrected chi connectivity index (χ4v) is 1.68. The molecule has 1 heterocycles. The molecule has 0 aliphatic rings. The standard InChI is InChI=1S/C13H15F2N3O/c14-11-4-5-13(12(15)8-11)19-7-3-1-2-6-18-10-16-9-17-18/h4-5,8-10H,1-3,6-7H2. The van der Waals surface area contributed by atoms with E-state index in [1.807, 2.05) is 0 Å². The summed E-state index contributed by atoms with van der Waals surface area (Å²) >= 11 is 0. The van der Waals surface area contributed by atoms with E-state index in [-0.39, 0.29) is 5.75 Å². The third-order valence-corrected chi connectivity index (χ3v) is 2.65. The minimum absolute atomic E-state index is 0.0951. The lowest BCUT2D eigenvalue weighted by atomic mass is 10.2. The van der Waals surface area contributed by atoms with Gasteiger partial charge in [-0.15, -0.1) is 0 Å². The molecule has 19 heavy (non-hydrogen) atoms. The summed E-state index contributed by atoms with van der Waals surface area (Å²) in [6.07, 6.45) is 5.89. The summed E-state index contributed by atoms with van der Waals surface area (Å²) in [6.45, 7) is 1.23. The number of benzene rings is 1. The van der Waals surface area contributed by atoms with Crippen molar-refractivity contribution in [3.63, 3.8) is 0 Å². The van der Waals surface area contributed by atoms with E-state index in [0.717, 1.165) is 31.9 Å². The Kier molecular flexibility index (Phi) is 4.83. The highest BCUT2D eigenvalue weighted by atomic mass is 19.1. The second kappa shape index (κ2) is 6.82. The van der Waals surface area contributed by atoms with E-state index in [2.05, 4.69) is 10.1 Å². The molecule has 0 amide bonds. The molecule has 0 radical (unpaired) electrons. The van der Waals surface area contributed by atoms with E-state index in [0.29, 0.717) is 6.61 Å².